The molecule has 3 aromatic rings. The topological polar surface area (TPSA) is 71.5 Å². The van der Waals surface area contributed by atoms with E-state index in [1.165, 1.54) is 16.2 Å². The summed E-state index contributed by atoms with van der Waals surface area (Å²) in [6.07, 6.45) is 0.198. The molecule has 1 N–H and O–H groups in total. The van der Waals surface area contributed by atoms with Crippen molar-refractivity contribution in [3.05, 3.63) is 59.6 Å². The van der Waals surface area contributed by atoms with E-state index in [1.54, 1.807) is 26.2 Å². The zero-order valence-corrected chi connectivity index (χ0v) is 18.7. The number of amides is 2. The van der Waals surface area contributed by atoms with Crippen molar-refractivity contribution in [3.63, 3.8) is 0 Å². The van der Waals surface area contributed by atoms with E-state index in [0.29, 0.717) is 12.3 Å². The number of thiazole rings is 1. The van der Waals surface area contributed by atoms with E-state index in [0.717, 1.165) is 38.7 Å². The largest absolute Gasteiger partial charge is 0.494 e. The molecule has 2 amide bonds. The molecule has 0 radical (unpaired) electrons. The number of anilines is 1. The Bertz CT molecular complexity index is 999. The minimum atomic E-state index is -0.136. The Morgan fingerprint density at radius 3 is 2.43 bits per heavy atom. The van der Waals surface area contributed by atoms with Crippen LogP contribution < -0.4 is 10.1 Å². The van der Waals surface area contributed by atoms with Gasteiger partial charge in [0.05, 0.1) is 18.7 Å². The highest BCUT2D eigenvalue weighted by molar-refractivity contribution is 8.13. The van der Waals surface area contributed by atoms with Crippen LogP contribution in [-0.4, -0.2) is 41.7 Å². The first-order valence-corrected chi connectivity index (χ1v) is 11.1. The fourth-order valence-electron chi connectivity index (χ4n) is 2.55. The summed E-state index contributed by atoms with van der Waals surface area (Å²) in [5, 5.41) is 5.59. The van der Waals surface area contributed by atoms with E-state index in [1.807, 2.05) is 48.7 Å². The fourth-order valence-corrected chi connectivity index (χ4v) is 4.03. The van der Waals surface area contributed by atoms with Gasteiger partial charge < -0.3 is 15.0 Å². The van der Waals surface area contributed by atoms with Crippen LogP contribution in [-0.2, 0) is 11.2 Å². The van der Waals surface area contributed by atoms with Crippen molar-refractivity contribution in [2.75, 3.05) is 26.0 Å². The van der Waals surface area contributed by atoms with Gasteiger partial charge in [-0.3, -0.25) is 9.59 Å². The standard InChI is InChI=1S/C22H23N3O3S2/c1-4-28-18-9-5-15(6-10-18)21-24-17(14-29-21)13-20(26)23-16-7-11-19(12-8-16)30-22(27)25(2)3/h5-12,14H,4,13H2,1-3H3,(H,23,26). The first-order valence-electron chi connectivity index (χ1n) is 9.41. The molecule has 0 aliphatic carbocycles. The average molecular weight is 442 g/mol. The summed E-state index contributed by atoms with van der Waals surface area (Å²) in [5.74, 6) is 0.691. The highest BCUT2D eigenvalue weighted by atomic mass is 32.2. The number of ether oxygens (including phenoxy) is 1. The maximum atomic E-state index is 12.4. The van der Waals surface area contributed by atoms with Crippen LogP contribution in [0.25, 0.3) is 10.6 Å². The molecule has 0 bridgehead atoms. The molecule has 0 saturated heterocycles. The fraction of sp³-hybridized carbons (Fsp3) is 0.227. The number of benzene rings is 2. The first kappa shape index (κ1) is 21.9. The van der Waals surface area contributed by atoms with Crippen molar-refractivity contribution >= 4 is 39.9 Å². The molecule has 0 aliphatic rings. The average Bonchev–Trinajstić information content (AvgIpc) is 3.18. The normalized spacial score (nSPS) is 10.5. The summed E-state index contributed by atoms with van der Waals surface area (Å²) in [6.45, 7) is 2.58. The van der Waals surface area contributed by atoms with Gasteiger partial charge in [-0.2, -0.15) is 0 Å². The minimum Gasteiger partial charge on any atom is -0.494 e. The van der Waals surface area contributed by atoms with Crippen molar-refractivity contribution in [2.24, 2.45) is 0 Å². The maximum absolute atomic E-state index is 12.4. The number of thioether (sulfide) groups is 1. The molecule has 0 aliphatic heterocycles. The number of nitrogens with one attached hydrogen (secondary N) is 1. The number of carbonyl (C=O) groups excluding carboxylic acids is 2. The lowest BCUT2D eigenvalue weighted by Crippen LogP contribution is -2.16. The molecule has 0 saturated carbocycles. The molecule has 1 heterocycles. The Labute approximate surface area is 184 Å². The van der Waals surface area contributed by atoms with Crippen molar-refractivity contribution in [1.29, 1.82) is 0 Å². The lowest BCUT2D eigenvalue weighted by Gasteiger charge is -2.09. The second-order valence-corrected chi connectivity index (χ2v) is 8.50. The van der Waals surface area contributed by atoms with Gasteiger partial charge in [-0.15, -0.1) is 11.3 Å². The summed E-state index contributed by atoms with van der Waals surface area (Å²) in [7, 11) is 3.42. The number of carbonyl (C=O) groups is 2. The Morgan fingerprint density at radius 1 is 1.10 bits per heavy atom. The van der Waals surface area contributed by atoms with Gasteiger partial charge in [0.15, 0.2) is 0 Å². The van der Waals surface area contributed by atoms with Crippen LogP contribution in [0, 0.1) is 0 Å². The first-order chi connectivity index (χ1) is 14.4. The van der Waals surface area contributed by atoms with E-state index >= 15 is 0 Å². The maximum Gasteiger partial charge on any atom is 0.285 e. The summed E-state index contributed by atoms with van der Waals surface area (Å²) in [5.41, 5.74) is 2.41. The van der Waals surface area contributed by atoms with Crippen molar-refractivity contribution in [2.45, 2.75) is 18.2 Å². The van der Waals surface area contributed by atoms with E-state index in [2.05, 4.69) is 10.3 Å². The molecular formula is C22H23N3O3S2. The SMILES string of the molecule is CCOc1ccc(-c2nc(CC(=O)Nc3ccc(SC(=O)N(C)C)cc3)cs2)cc1. The van der Waals surface area contributed by atoms with Crippen LogP contribution in [0.3, 0.4) is 0 Å². The Kier molecular flexibility index (Phi) is 7.48. The molecule has 156 valence electrons. The molecule has 0 fully saturated rings. The number of nitrogens with zero attached hydrogens (tertiary/aromatic N) is 2. The molecule has 3 rings (SSSR count). The second kappa shape index (κ2) is 10.3. The zero-order valence-electron chi connectivity index (χ0n) is 17.0. The molecular weight excluding hydrogens is 418 g/mol. The lowest BCUT2D eigenvalue weighted by molar-refractivity contribution is -0.115. The van der Waals surface area contributed by atoms with Crippen LogP contribution in [0.4, 0.5) is 10.5 Å². The Hall–Kier alpha value is -2.84. The minimum absolute atomic E-state index is 0.0429. The molecule has 30 heavy (non-hydrogen) atoms. The molecule has 8 heteroatoms. The number of hydrogen-bond donors (Lipinski definition) is 1. The van der Waals surface area contributed by atoms with Gasteiger partial charge >= 0.3 is 0 Å². The third-order valence-electron chi connectivity index (χ3n) is 4.01. The number of aromatic nitrogens is 1. The van der Waals surface area contributed by atoms with Crippen LogP contribution in [0.2, 0.25) is 0 Å². The number of rotatable bonds is 7. The third kappa shape index (κ3) is 6.08. The molecule has 0 atom stereocenters. The van der Waals surface area contributed by atoms with Crippen LogP contribution in [0.1, 0.15) is 12.6 Å². The lowest BCUT2D eigenvalue weighted by atomic mass is 10.2. The summed E-state index contributed by atoms with van der Waals surface area (Å²) < 4.78 is 5.46. The van der Waals surface area contributed by atoms with Crippen molar-refractivity contribution in [3.8, 4) is 16.3 Å². The zero-order chi connectivity index (χ0) is 21.5. The molecule has 0 unspecified atom stereocenters. The van der Waals surface area contributed by atoms with Gasteiger partial charge in [0.2, 0.25) is 5.91 Å². The smallest absolute Gasteiger partial charge is 0.285 e. The van der Waals surface area contributed by atoms with E-state index < -0.39 is 0 Å². The van der Waals surface area contributed by atoms with Gasteiger partial charge in [0.25, 0.3) is 5.24 Å². The molecule has 1 aromatic heterocycles. The number of hydrogen-bond acceptors (Lipinski definition) is 6. The van der Waals surface area contributed by atoms with E-state index in [9.17, 15) is 9.59 Å². The van der Waals surface area contributed by atoms with Gasteiger partial charge in [-0.1, -0.05) is 0 Å². The second-order valence-electron chi connectivity index (χ2n) is 6.61. The monoisotopic (exact) mass is 441 g/mol. The molecule has 6 nitrogen and oxygen atoms in total. The van der Waals surface area contributed by atoms with Crippen LogP contribution >= 0.6 is 23.1 Å². The van der Waals surface area contributed by atoms with Gasteiger partial charge in [-0.05, 0) is 67.2 Å². The van der Waals surface area contributed by atoms with E-state index in [4.69, 9.17) is 4.74 Å². The Balaban J connectivity index is 1.56. The van der Waals surface area contributed by atoms with Crippen LogP contribution in [0.5, 0.6) is 5.75 Å². The molecule has 2 aromatic carbocycles. The summed E-state index contributed by atoms with van der Waals surface area (Å²) >= 11 is 2.65. The predicted octanol–water partition coefficient (Wildman–Crippen LogP) is 5.16. The van der Waals surface area contributed by atoms with Crippen molar-refractivity contribution < 1.29 is 14.3 Å². The summed E-state index contributed by atoms with van der Waals surface area (Å²) in [4.78, 5) is 31.0. The highest BCUT2D eigenvalue weighted by Gasteiger charge is 2.11. The van der Waals surface area contributed by atoms with Crippen LogP contribution in [0.15, 0.2) is 58.8 Å². The predicted molar refractivity (Wildman–Crippen MR) is 122 cm³/mol. The van der Waals surface area contributed by atoms with Gasteiger partial charge in [0.1, 0.15) is 10.8 Å². The Morgan fingerprint density at radius 2 is 1.80 bits per heavy atom. The summed E-state index contributed by atoms with van der Waals surface area (Å²) in [6, 6.07) is 15.0. The van der Waals surface area contributed by atoms with E-state index in [-0.39, 0.29) is 17.6 Å². The molecule has 0 spiro atoms. The highest BCUT2D eigenvalue weighted by Crippen LogP contribution is 2.26. The van der Waals surface area contributed by atoms with Crippen molar-refractivity contribution in [1.82, 2.24) is 9.88 Å². The third-order valence-corrected chi connectivity index (χ3v) is 6.00. The quantitative estimate of drug-likeness (QED) is 0.513. The van der Waals surface area contributed by atoms with Gasteiger partial charge in [-0.25, -0.2) is 4.98 Å². The van der Waals surface area contributed by atoms with Gasteiger partial charge in [0, 0.05) is 35.6 Å².